The van der Waals surface area contributed by atoms with Crippen molar-refractivity contribution < 1.29 is 9.15 Å². The van der Waals surface area contributed by atoms with E-state index in [1.165, 1.54) is 16.7 Å². The average Bonchev–Trinajstić information content (AvgIpc) is 3.18. The van der Waals surface area contributed by atoms with Gasteiger partial charge in [-0.25, -0.2) is 0 Å². The van der Waals surface area contributed by atoms with Crippen LogP contribution in [0.2, 0.25) is 0 Å². The molecule has 1 aliphatic heterocycles. The van der Waals surface area contributed by atoms with Crippen LogP contribution in [0.1, 0.15) is 50.3 Å². The second-order valence-corrected chi connectivity index (χ2v) is 9.45. The number of hydrogen-bond acceptors (Lipinski definition) is 3. The first-order valence-corrected chi connectivity index (χ1v) is 11.2. The molecule has 2 aromatic heterocycles. The first kappa shape index (κ1) is 19.1. The van der Waals surface area contributed by atoms with Crippen molar-refractivity contribution in [3.63, 3.8) is 0 Å². The summed E-state index contributed by atoms with van der Waals surface area (Å²) in [4.78, 5) is 4.66. The van der Waals surface area contributed by atoms with Crippen LogP contribution in [0.25, 0.3) is 33.2 Å². The van der Waals surface area contributed by atoms with E-state index in [1.807, 2.05) is 18.3 Å². The molecule has 0 N–H and O–H groups in total. The Morgan fingerprint density at radius 3 is 2.56 bits per heavy atom. The van der Waals surface area contributed by atoms with E-state index in [2.05, 4.69) is 87.3 Å². The predicted molar refractivity (Wildman–Crippen MR) is 130 cm³/mol. The molecule has 0 spiro atoms. The Labute approximate surface area is 187 Å². The van der Waals surface area contributed by atoms with Crippen LogP contribution in [0.3, 0.4) is 0 Å². The number of pyridine rings is 1. The third-order valence-electron chi connectivity index (χ3n) is 6.79. The molecule has 0 bridgehead atoms. The normalized spacial score (nSPS) is 14.4. The minimum absolute atomic E-state index is 0.160. The Balaban J connectivity index is 1.63. The SMILES string of the molecule is CC(C)c1ccnc(-c2cccc3c2oc2ccc4c(c23)Oc2ccccc2C4(C)C)c1. The summed E-state index contributed by atoms with van der Waals surface area (Å²) >= 11 is 0. The Morgan fingerprint density at radius 2 is 1.72 bits per heavy atom. The van der Waals surface area contributed by atoms with Gasteiger partial charge in [0, 0.05) is 33.7 Å². The second kappa shape index (κ2) is 6.70. The van der Waals surface area contributed by atoms with Crippen molar-refractivity contribution in [2.45, 2.75) is 39.0 Å². The molecule has 158 valence electrons. The third-order valence-corrected chi connectivity index (χ3v) is 6.79. The van der Waals surface area contributed by atoms with Gasteiger partial charge in [0.2, 0.25) is 0 Å². The molecule has 32 heavy (non-hydrogen) atoms. The fraction of sp³-hybridized carbons (Fsp3) is 0.207. The maximum Gasteiger partial charge on any atom is 0.144 e. The lowest BCUT2D eigenvalue weighted by molar-refractivity contribution is 0.423. The monoisotopic (exact) mass is 419 g/mol. The smallest absolute Gasteiger partial charge is 0.144 e. The van der Waals surface area contributed by atoms with Gasteiger partial charge in [0.05, 0.1) is 11.1 Å². The van der Waals surface area contributed by atoms with Crippen LogP contribution >= 0.6 is 0 Å². The Kier molecular flexibility index (Phi) is 4.00. The number of hydrogen-bond donors (Lipinski definition) is 0. The van der Waals surface area contributed by atoms with Gasteiger partial charge in [0.15, 0.2) is 0 Å². The summed E-state index contributed by atoms with van der Waals surface area (Å²) in [6.07, 6.45) is 1.89. The van der Waals surface area contributed by atoms with Crippen molar-refractivity contribution in [1.29, 1.82) is 0 Å². The minimum Gasteiger partial charge on any atom is -0.456 e. The fourth-order valence-electron chi connectivity index (χ4n) is 4.94. The van der Waals surface area contributed by atoms with Crippen molar-refractivity contribution in [2.75, 3.05) is 0 Å². The van der Waals surface area contributed by atoms with Gasteiger partial charge in [-0.15, -0.1) is 0 Å². The highest BCUT2D eigenvalue weighted by Gasteiger charge is 2.36. The topological polar surface area (TPSA) is 35.3 Å². The van der Waals surface area contributed by atoms with Crippen molar-refractivity contribution in [1.82, 2.24) is 4.98 Å². The Morgan fingerprint density at radius 1 is 0.875 bits per heavy atom. The van der Waals surface area contributed by atoms with E-state index in [1.54, 1.807) is 0 Å². The van der Waals surface area contributed by atoms with Gasteiger partial charge in [-0.2, -0.15) is 0 Å². The maximum atomic E-state index is 6.51. The zero-order chi connectivity index (χ0) is 22.0. The highest BCUT2D eigenvalue weighted by Crippen LogP contribution is 2.52. The highest BCUT2D eigenvalue weighted by molar-refractivity contribution is 6.12. The lowest BCUT2D eigenvalue weighted by atomic mass is 9.75. The first-order chi connectivity index (χ1) is 15.4. The van der Waals surface area contributed by atoms with Gasteiger partial charge in [0.25, 0.3) is 0 Å². The van der Waals surface area contributed by atoms with Crippen LogP contribution in [0.5, 0.6) is 11.5 Å². The van der Waals surface area contributed by atoms with Gasteiger partial charge in [0.1, 0.15) is 22.7 Å². The zero-order valence-corrected chi connectivity index (χ0v) is 18.8. The minimum atomic E-state index is -0.160. The zero-order valence-electron chi connectivity index (χ0n) is 18.8. The van der Waals surface area contributed by atoms with Gasteiger partial charge in [-0.05, 0) is 41.8 Å². The summed E-state index contributed by atoms with van der Waals surface area (Å²) in [6, 6.07) is 23.1. The second-order valence-electron chi connectivity index (χ2n) is 9.45. The summed E-state index contributed by atoms with van der Waals surface area (Å²) < 4.78 is 13.0. The van der Waals surface area contributed by atoms with Gasteiger partial charge >= 0.3 is 0 Å². The van der Waals surface area contributed by atoms with Crippen LogP contribution in [-0.2, 0) is 5.41 Å². The van der Waals surface area contributed by atoms with Crippen LogP contribution in [0.15, 0.2) is 77.3 Å². The summed E-state index contributed by atoms with van der Waals surface area (Å²) in [6.45, 7) is 8.91. The lowest BCUT2D eigenvalue weighted by Gasteiger charge is -2.34. The summed E-state index contributed by atoms with van der Waals surface area (Å²) in [5.74, 6) is 2.25. The quantitative estimate of drug-likeness (QED) is 0.289. The van der Waals surface area contributed by atoms with E-state index < -0.39 is 0 Å². The van der Waals surface area contributed by atoms with Gasteiger partial charge < -0.3 is 9.15 Å². The molecule has 0 saturated carbocycles. The predicted octanol–water partition coefficient (Wildman–Crippen LogP) is 8.20. The molecule has 0 amide bonds. The first-order valence-electron chi connectivity index (χ1n) is 11.2. The molecule has 0 unspecified atom stereocenters. The van der Waals surface area contributed by atoms with E-state index in [9.17, 15) is 0 Å². The van der Waals surface area contributed by atoms with Crippen LogP contribution < -0.4 is 4.74 Å². The molecule has 3 heterocycles. The van der Waals surface area contributed by atoms with Crippen molar-refractivity contribution >= 4 is 21.9 Å². The fourth-order valence-corrected chi connectivity index (χ4v) is 4.94. The average molecular weight is 420 g/mol. The molecule has 0 saturated heterocycles. The summed E-state index contributed by atoms with van der Waals surface area (Å²) in [5, 5.41) is 2.09. The molecule has 0 fully saturated rings. The number of aromatic nitrogens is 1. The Bertz CT molecular complexity index is 1510. The summed E-state index contributed by atoms with van der Waals surface area (Å²) in [5.41, 5.74) is 7.11. The lowest BCUT2D eigenvalue weighted by Crippen LogP contribution is -2.24. The van der Waals surface area contributed by atoms with Crippen molar-refractivity contribution in [3.05, 3.63) is 89.6 Å². The number of para-hydroxylation sites is 2. The molecule has 3 nitrogen and oxygen atoms in total. The Hall–Kier alpha value is -3.59. The molecule has 6 rings (SSSR count). The van der Waals surface area contributed by atoms with E-state index >= 15 is 0 Å². The van der Waals surface area contributed by atoms with E-state index in [-0.39, 0.29) is 5.41 Å². The number of ether oxygens (including phenoxy) is 1. The molecule has 0 radical (unpaired) electrons. The number of nitrogens with zero attached hydrogens (tertiary/aromatic N) is 1. The molecule has 3 heteroatoms. The molecular weight excluding hydrogens is 394 g/mol. The van der Waals surface area contributed by atoms with E-state index in [0.29, 0.717) is 5.92 Å². The van der Waals surface area contributed by atoms with E-state index in [0.717, 1.165) is 44.7 Å². The van der Waals surface area contributed by atoms with Crippen LogP contribution in [0, 0.1) is 0 Å². The molecule has 0 aliphatic carbocycles. The number of benzene rings is 3. The number of furan rings is 1. The standard InChI is InChI=1S/C29H25NO2/c1-17(2)18-14-15-30-23(16-18)19-8-7-9-20-26-25(32-27(19)20)13-12-22-28(26)31-24-11-6-5-10-21(24)29(22,3)4/h5-17H,1-4H3. The van der Waals surface area contributed by atoms with Crippen LogP contribution in [-0.4, -0.2) is 4.98 Å². The van der Waals surface area contributed by atoms with Gasteiger partial charge in [-0.3, -0.25) is 4.98 Å². The van der Waals surface area contributed by atoms with Crippen molar-refractivity contribution in [2.24, 2.45) is 0 Å². The van der Waals surface area contributed by atoms with Crippen molar-refractivity contribution in [3.8, 4) is 22.8 Å². The number of rotatable bonds is 2. The van der Waals surface area contributed by atoms with E-state index in [4.69, 9.17) is 9.15 Å². The molecule has 5 aromatic rings. The van der Waals surface area contributed by atoms with Gasteiger partial charge in [-0.1, -0.05) is 64.1 Å². The van der Waals surface area contributed by atoms with Crippen LogP contribution in [0.4, 0.5) is 0 Å². The molecular formula is C29H25NO2. The largest absolute Gasteiger partial charge is 0.456 e. The highest BCUT2D eigenvalue weighted by atomic mass is 16.5. The molecule has 0 atom stereocenters. The molecule has 3 aromatic carbocycles. The third kappa shape index (κ3) is 2.64. The maximum absolute atomic E-state index is 6.51. The molecule has 1 aliphatic rings. The number of fused-ring (bicyclic) bond motifs is 6. The summed E-state index contributed by atoms with van der Waals surface area (Å²) in [7, 11) is 0.